The second kappa shape index (κ2) is 15.1. The molecular weight excluding hydrogens is 348 g/mol. The van der Waals surface area contributed by atoms with Crippen molar-refractivity contribution in [3.05, 3.63) is 65.8 Å². The molecule has 0 fully saturated rings. The lowest BCUT2D eigenvalue weighted by Gasteiger charge is -1.98. The average Bonchev–Trinajstić information content (AvgIpc) is 2.64. The van der Waals surface area contributed by atoms with Crippen molar-refractivity contribution in [1.82, 2.24) is 0 Å². The van der Waals surface area contributed by atoms with Gasteiger partial charge in [0.05, 0.1) is 6.61 Å². The van der Waals surface area contributed by atoms with Crippen LogP contribution in [0.3, 0.4) is 0 Å². The Kier molecular flexibility index (Phi) is 13.4. The second-order valence-corrected chi connectivity index (χ2v) is 5.29. The molecule has 1 aromatic carbocycles. The van der Waals surface area contributed by atoms with Crippen LogP contribution in [0.15, 0.2) is 60.2 Å². The molecule has 0 aliphatic rings. The van der Waals surface area contributed by atoms with Crippen LogP contribution in [0.5, 0.6) is 0 Å². The molecule has 0 unspecified atom stereocenters. The first-order chi connectivity index (χ1) is 12.9. The maximum Gasteiger partial charge on any atom is 0.331 e. The van der Waals surface area contributed by atoms with Crippen molar-refractivity contribution in [1.29, 1.82) is 0 Å². The van der Waals surface area contributed by atoms with Crippen molar-refractivity contribution < 1.29 is 29.3 Å². The second-order valence-electron chi connectivity index (χ2n) is 5.29. The zero-order chi connectivity index (χ0) is 20.5. The van der Waals surface area contributed by atoms with Crippen LogP contribution in [0.25, 0.3) is 6.08 Å². The summed E-state index contributed by atoms with van der Waals surface area (Å²) in [5, 5.41) is 17.0. The zero-order valence-electron chi connectivity index (χ0n) is 15.6. The van der Waals surface area contributed by atoms with E-state index in [-0.39, 0.29) is 6.61 Å². The fraction of sp³-hybridized carbons (Fsp3) is 0.286. The molecule has 0 saturated heterocycles. The highest BCUT2D eigenvalue weighted by atomic mass is 16.5. The Morgan fingerprint density at radius 2 is 1.70 bits per heavy atom. The molecule has 0 amide bonds. The van der Waals surface area contributed by atoms with Gasteiger partial charge in [0.25, 0.3) is 0 Å². The van der Waals surface area contributed by atoms with Crippen molar-refractivity contribution in [2.24, 2.45) is 0 Å². The molecule has 0 aliphatic heterocycles. The number of aliphatic carboxylic acids is 2. The maximum atomic E-state index is 10.9. The Bertz CT molecular complexity index is 671. The summed E-state index contributed by atoms with van der Waals surface area (Å²) in [6.07, 6.45) is 9.55. The van der Waals surface area contributed by atoms with Crippen molar-refractivity contribution in [2.75, 3.05) is 6.61 Å². The topological polar surface area (TPSA) is 101 Å². The number of carboxylic acid groups (broad SMARTS) is 2. The molecule has 0 saturated carbocycles. The molecule has 6 nitrogen and oxygen atoms in total. The predicted octanol–water partition coefficient (Wildman–Crippen LogP) is 4.09. The van der Waals surface area contributed by atoms with Crippen LogP contribution >= 0.6 is 0 Å². The molecule has 0 radical (unpaired) electrons. The third-order valence-electron chi connectivity index (χ3n) is 3.11. The molecule has 0 heterocycles. The van der Waals surface area contributed by atoms with E-state index in [1.54, 1.807) is 19.1 Å². The third-order valence-corrected chi connectivity index (χ3v) is 3.11. The van der Waals surface area contributed by atoms with Crippen molar-refractivity contribution >= 4 is 24.0 Å². The highest BCUT2D eigenvalue weighted by Gasteiger charge is 2.04. The first-order valence-electron chi connectivity index (χ1n) is 8.64. The fourth-order valence-electron chi connectivity index (χ4n) is 1.80. The zero-order valence-corrected chi connectivity index (χ0v) is 15.6. The van der Waals surface area contributed by atoms with Crippen LogP contribution in [-0.4, -0.2) is 34.7 Å². The number of carbonyl (C=O) groups excluding carboxylic acids is 1. The van der Waals surface area contributed by atoms with E-state index in [4.69, 9.17) is 10.2 Å². The van der Waals surface area contributed by atoms with Gasteiger partial charge in [0.15, 0.2) is 0 Å². The molecule has 0 atom stereocenters. The minimum absolute atomic E-state index is 0.253. The summed E-state index contributed by atoms with van der Waals surface area (Å²) < 4.78 is 4.40. The quantitative estimate of drug-likeness (QED) is 0.383. The van der Waals surface area contributed by atoms with Gasteiger partial charge in [0.1, 0.15) is 0 Å². The van der Waals surface area contributed by atoms with Crippen LogP contribution in [-0.2, 0) is 19.1 Å². The number of allylic oxidation sites excluding steroid dienone is 2. The van der Waals surface area contributed by atoms with E-state index in [2.05, 4.69) is 11.7 Å². The lowest BCUT2D eigenvalue weighted by atomic mass is 10.1. The van der Waals surface area contributed by atoms with Gasteiger partial charge >= 0.3 is 17.9 Å². The van der Waals surface area contributed by atoms with Gasteiger partial charge < -0.3 is 14.9 Å². The molecule has 146 valence electrons. The van der Waals surface area contributed by atoms with Crippen LogP contribution in [0.4, 0.5) is 0 Å². The molecule has 1 aromatic rings. The Morgan fingerprint density at radius 1 is 1.04 bits per heavy atom. The smallest absolute Gasteiger partial charge is 0.331 e. The van der Waals surface area contributed by atoms with E-state index >= 15 is 0 Å². The molecule has 27 heavy (non-hydrogen) atoms. The molecule has 1 rings (SSSR count). The Labute approximate surface area is 159 Å². The summed E-state index contributed by atoms with van der Waals surface area (Å²) >= 11 is 0. The lowest BCUT2D eigenvalue weighted by Crippen LogP contribution is -2.00. The lowest BCUT2D eigenvalue weighted by molar-refractivity contribution is -0.138. The van der Waals surface area contributed by atoms with E-state index in [0.717, 1.165) is 30.6 Å². The standard InChI is InChI=1S/C15H18O2.C6H8O4/c1-2-3-11-14(15(16)17)12-7-10-13-8-5-4-6-9-13;1-2-10-6(9)4-3-5(7)8/h4-10,12H,2-3,11H2,1H3,(H,16,17);3-4H,2H2,1H3,(H,7,8). The number of carbonyl (C=O) groups is 3. The van der Waals surface area contributed by atoms with Gasteiger partial charge in [-0.25, -0.2) is 14.4 Å². The predicted molar refractivity (Wildman–Crippen MR) is 104 cm³/mol. The molecule has 0 aliphatic carbocycles. The number of rotatable bonds is 9. The summed E-state index contributed by atoms with van der Waals surface area (Å²) in [7, 11) is 0. The number of benzene rings is 1. The molecule has 2 N–H and O–H groups in total. The number of hydrogen-bond acceptors (Lipinski definition) is 4. The largest absolute Gasteiger partial charge is 0.478 e. The molecule has 0 aromatic heterocycles. The minimum atomic E-state index is -1.16. The highest BCUT2D eigenvalue weighted by Crippen LogP contribution is 2.09. The van der Waals surface area contributed by atoms with Crippen LogP contribution in [0.1, 0.15) is 38.7 Å². The summed E-state index contributed by atoms with van der Waals surface area (Å²) in [5.74, 6) is -2.62. The Balaban J connectivity index is 0.000000580. The maximum absolute atomic E-state index is 10.9. The summed E-state index contributed by atoms with van der Waals surface area (Å²) in [5.41, 5.74) is 1.54. The van der Waals surface area contributed by atoms with Gasteiger partial charge in [-0.2, -0.15) is 0 Å². The van der Waals surface area contributed by atoms with Gasteiger partial charge in [0, 0.05) is 17.7 Å². The first-order valence-corrected chi connectivity index (χ1v) is 8.64. The van der Waals surface area contributed by atoms with Gasteiger partial charge in [-0.3, -0.25) is 0 Å². The van der Waals surface area contributed by atoms with Gasteiger partial charge in [-0.15, -0.1) is 0 Å². The monoisotopic (exact) mass is 374 g/mol. The Morgan fingerprint density at radius 3 is 2.22 bits per heavy atom. The summed E-state index contributed by atoms with van der Waals surface area (Å²) in [6.45, 7) is 3.95. The highest BCUT2D eigenvalue weighted by molar-refractivity contribution is 5.90. The van der Waals surface area contributed by atoms with Crippen LogP contribution in [0.2, 0.25) is 0 Å². The number of unbranched alkanes of at least 4 members (excludes halogenated alkanes) is 1. The van der Waals surface area contributed by atoms with Gasteiger partial charge in [-0.05, 0) is 25.3 Å². The molecular formula is C21H26O6. The number of esters is 1. The van der Waals surface area contributed by atoms with E-state index < -0.39 is 17.9 Å². The molecule has 0 bridgehead atoms. The van der Waals surface area contributed by atoms with E-state index in [1.807, 2.05) is 36.4 Å². The Hall–Kier alpha value is -3.15. The first kappa shape index (κ1) is 23.9. The minimum Gasteiger partial charge on any atom is -0.478 e. The van der Waals surface area contributed by atoms with E-state index in [1.165, 1.54) is 0 Å². The fourth-order valence-corrected chi connectivity index (χ4v) is 1.80. The van der Waals surface area contributed by atoms with Crippen LogP contribution < -0.4 is 0 Å². The third kappa shape index (κ3) is 13.8. The number of hydrogen-bond donors (Lipinski definition) is 2. The molecule has 6 heteroatoms. The number of carboxylic acids is 2. The van der Waals surface area contributed by atoms with E-state index in [0.29, 0.717) is 12.0 Å². The van der Waals surface area contributed by atoms with Gasteiger partial charge in [-0.1, -0.05) is 61.9 Å². The van der Waals surface area contributed by atoms with Crippen molar-refractivity contribution in [3.8, 4) is 0 Å². The van der Waals surface area contributed by atoms with E-state index in [9.17, 15) is 14.4 Å². The van der Waals surface area contributed by atoms with Crippen molar-refractivity contribution in [3.63, 3.8) is 0 Å². The molecule has 0 spiro atoms. The van der Waals surface area contributed by atoms with Crippen LogP contribution in [0, 0.1) is 0 Å². The normalized spacial score (nSPS) is 11.1. The van der Waals surface area contributed by atoms with Crippen molar-refractivity contribution in [2.45, 2.75) is 33.1 Å². The SMILES string of the molecule is CCCCC(=CC=Cc1ccccc1)C(=O)O.CCOC(=O)C=CC(=O)O. The van der Waals surface area contributed by atoms with Gasteiger partial charge in [0.2, 0.25) is 0 Å². The average molecular weight is 374 g/mol. The number of ether oxygens (including phenoxy) is 1. The summed E-state index contributed by atoms with van der Waals surface area (Å²) in [6, 6.07) is 9.84. The summed E-state index contributed by atoms with van der Waals surface area (Å²) in [4.78, 5) is 31.1.